The number of hydrogen-bond acceptors (Lipinski definition) is 2. The summed E-state index contributed by atoms with van der Waals surface area (Å²) in [5.74, 6) is 0. The maximum absolute atomic E-state index is 10.5. The molecule has 0 aliphatic heterocycles. The van der Waals surface area contributed by atoms with Crippen LogP contribution in [0.2, 0.25) is 0 Å². The van der Waals surface area contributed by atoms with E-state index in [1.54, 1.807) is 6.92 Å². The lowest BCUT2D eigenvalue weighted by molar-refractivity contribution is -0.0660. The van der Waals surface area contributed by atoms with Gasteiger partial charge in [0.15, 0.2) is 0 Å². The molecule has 0 radical (unpaired) electrons. The largest absolute Gasteiger partial charge is 0.389 e. The van der Waals surface area contributed by atoms with Crippen LogP contribution in [-0.2, 0) is 12.0 Å². The Kier molecular flexibility index (Phi) is 3.80. The standard InChI is InChI=1S/C16H18O2/c1-16(18,14-10-6-3-7-11-14)15(17)12-13-8-4-2-5-9-13/h2-11,15,17-18H,12H2,1H3. The summed E-state index contributed by atoms with van der Waals surface area (Å²) in [4.78, 5) is 0. The molecule has 2 aromatic carbocycles. The molecule has 2 nitrogen and oxygen atoms in total. The van der Waals surface area contributed by atoms with Crippen molar-refractivity contribution in [1.29, 1.82) is 0 Å². The first-order valence-electron chi connectivity index (χ1n) is 6.10. The fourth-order valence-electron chi connectivity index (χ4n) is 2.00. The first-order valence-corrected chi connectivity index (χ1v) is 6.10. The normalized spacial score (nSPS) is 15.9. The summed E-state index contributed by atoms with van der Waals surface area (Å²) in [5.41, 5.74) is 0.506. The van der Waals surface area contributed by atoms with Crippen molar-refractivity contribution in [3.8, 4) is 0 Å². The van der Waals surface area contributed by atoms with Gasteiger partial charge in [-0.2, -0.15) is 0 Å². The third-order valence-corrected chi connectivity index (χ3v) is 3.28. The van der Waals surface area contributed by atoms with Crippen LogP contribution in [0.3, 0.4) is 0 Å². The third-order valence-electron chi connectivity index (χ3n) is 3.28. The van der Waals surface area contributed by atoms with Gasteiger partial charge in [0, 0.05) is 6.42 Å². The summed E-state index contributed by atoms with van der Waals surface area (Å²) >= 11 is 0. The minimum Gasteiger partial charge on any atom is -0.389 e. The van der Waals surface area contributed by atoms with E-state index in [0.29, 0.717) is 6.42 Å². The van der Waals surface area contributed by atoms with Crippen molar-refractivity contribution in [2.24, 2.45) is 0 Å². The minimum absolute atomic E-state index is 0.433. The summed E-state index contributed by atoms with van der Waals surface area (Å²) in [6.45, 7) is 1.65. The Morgan fingerprint density at radius 3 is 2.00 bits per heavy atom. The Labute approximate surface area is 108 Å². The Bertz CT molecular complexity index is 477. The quantitative estimate of drug-likeness (QED) is 0.864. The van der Waals surface area contributed by atoms with Gasteiger partial charge < -0.3 is 10.2 Å². The van der Waals surface area contributed by atoms with E-state index in [4.69, 9.17) is 0 Å². The zero-order valence-electron chi connectivity index (χ0n) is 10.5. The molecule has 2 aromatic rings. The minimum atomic E-state index is -1.24. The highest BCUT2D eigenvalue weighted by Gasteiger charge is 2.32. The molecule has 94 valence electrons. The molecule has 2 atom stereocenters. The zero-order chi connectivity index (χ0) is 13.0. The van der Waals surface area contributed by atoms with Gasteiger partial charge >= 0.3 is 0 Å². The highest BCUT2D eigenvalue weighted by atomic mass is 16.3. The number of benzene rings is 2. The molecule has 2 N–H and O–H groups in total. The fourth-order valence-corrected chi connectivity index (χ4v) is 2.00. The van der Waals surface area contributed by atoms with E-state index in [-0.39, 0.29) is 0 Å². The highest BCUT2D eigenvalue weighted by molar-refractivity contribution is 5.24. The third kappa shape index (κ3) is 2.78. The lowest BCUT2D eigenvalue weighted by Gasteiger charge is -2.29. The Morgan fingerprint density at radius 2 is 1.44 bits per heavy atom. The van der Waals surface area contributed by atoms with Crippen LogP contribution >= 0.6 is 0 Å². The van der Waals surface area contributed by atoms with Crippen molar-refractivity contribution < 1.29 is 10.2 Å². The molecule has 0 aliphatic carbocycles. The maximum atomic E-state index is 10.5. The molecule has 0 aliphatic rings. The molecule has 0 bridgehead atoms. The molecule has 0 spiro atoms. The number of aliphatic hydroxyl groups excluding tert-OH is 1. The van der Waals surface area contributed by atoms with Gasteiger partial charge in [-0.3, -0.25) is 0 Å². The van der Waals surface area contributed by atoms with E-state index in [0.717, 1.165) is 11.1 Å². The van der Waals surface area contributed by atoms with Crippen LogP contribution in [0.25, 0.3) is 0 Å². The second-order valence-electron chi connectivity index (χ2n) is 4.72. The highest BCUT2D eigenvalue weighted by Crippen LogP contribution is 2.26. The lowest BCUT2D eigenvalue weighted by atomic mass is 9.87. The van der Waals surface area contributed by atoms with Crippen LogP contribution in [0, 0.1) is 0 Å². The first kappa shape index (κ1) is 12.8. The predicted molar refractivity (Wildman–Crippen MR) is 72.2 cm³/mol. The van der Waals surface area contributed by atoms with Gasteiger partial charge in [-0.1, -0.05) is 60.7 Å². The average molecular weight is 242 g/mol. The summed E-state index contributed by atoms with van der Waals surface area (Å²) in [5, 5.41) is 20.7. The molecule has 0 amide bonds. The molecule has 0 saturated carbocycles. The Hall–Kier alpha value is -1.64. The smallest absolute Gasteiger partial charge is 0.113 e. The van der Waals surface area contributed by atoms with Gasteiger partial charge in [-0.15, -0.1) is 0 Å². The van der Waals surface area contributed by atoms with Crippen LogP contribution < -0.4 is 0 Å². The topological polar surface area (TPSA) is 40.5 Å². The van der Waals surface area contributed by atoms with Gasteiger partial charge in [0.2, 0.25) is 0 Å². The van der Waals surface area contributed by atoms with Gasteiger partial charge in [0.1, 0.15) is 5.60 Å². The molecule has 2 rings (SSSR count). The van der Waals surface area contributed by atoms with E-state index in [9.17, 15) is 10.2 Å². The Morgan fingerprint density at radius 1 is 0.944 bits per heavy atom. The molecule has 0 saturated heterocycles. The maximum Gasteiger partial charge on any atom is 0.113 e. The fraction of sp³-hybridized carbons (Fsp3) is 0.250. The molecular weight excluding hydrogens is 224 g/mol. The average Bonchev–Trinajstić information content (AvgIpc) is 2.41. The van der Waals surface area contributed by atoms with Gasteiger partial charge in [0.25, 0.3) is 0 Å². The van der Waals surface area contributed by atoms with Gasteiger partial charge in [0.05, 0.1) is 6.10 Å². The molecule has 0 aromatic heterocycles. The summed E-state index contributed by atoms with van der Waals surface area (Å²) in [6.07, 6.45) is -0.398. The molecule has 18 heavy (non-hydrogen) atoms. The predicted octanol–water partition coefficient (Wildman–Crippen LogP) is 2.50. The van der Waals surface area contributed by atoms with E-state index < -0.39 is 11.7 Å². The van der Waals surface area contributed by atoms with Gasteiger partial charge in [-0.25, -0.2) is 0 Å². The molecule has 2 unspecified atom stereocenters. The van der Waals surface area contributed by atoms with Crippen molar-refractivity contribution >= 4 is 0 Å². The molecule has 0 fully saturated rings. The van der Waals surface area contributed by atoms with Crippen molar-refractivity contribution in [2.45, 2.75) is 25.0 Å². The van der Waals surface area contributed by atoms with Crippen molar-refractivity contribution in [3.63, 3.8) is 0 Å². The number of hydrogen-bond donors (Lipinski definition) is 2. The first-order chi connectivity index (χ1) is 8.60. The molecule has 0 heterocycles. The number of rotatable bonds is 4. The zero-order valence-corrected chi connectivity index (χ0v) is 10.5. The van der Waals surface area contributed by atoms with Crippen LogP contribution in [0.4, 0.5) is 0 Å². The van der Waals surface area contributed by atoms with Crippen molar-refractivity contribution in [2.75, 3.05) is 0 Å². The summed E-state index contributed by atoms with van der Waals surface area (Å²) < 4.78 is 0. The monoisotopic (exact) mass is 242 g/mol. The van der Waals surface area contributed by atoms with Crippen LogP contribution in [-0.4, -0.2) is 16.3 Å². The van der Waals surface area contributed by atoms with Crippen LogP contribution in [0.5, 0.6) is 0 Å². The lowest BCUT2D eigenvalue weighted by Crippen LogP contribution is -2.38. The summed E-state index contributed by atoms with van der Waals surface area (Å²) in [7, 11) is 0. The molecular formula is C16H18O2. The van der Waals surface area contributed by atoms with E-state index in [2.05, 4.69) is 0 Å². The summed E-state index contributed by atoms with van der Waals surface area (Å²) in [6, 6.07) is 19.0. The van der Waals surface area contributed by atoms with Crippen LogP contribution in [0.15, 0.2) is 60.7 Å². The van der Waals surface area contributed by atoms with Crippen molar-refractivity contribution in [3.05, 3.63) is 71.8 Å². The van der Waals surface area contributed by atoms with Crippen molar-refractivity contribution in [1.82, 2.24) is 0 Å². The second kappa shape index (κ2) is 5.34. The van der Waals surface area contributed by atoms with E-state index in [1.807, 2.05) is 60.7 Å². The van der Waals surface area contributed by atoms with Gasteiger partial charge in [-0.05, 0) is 18.1 Å². The number of aliphatic hydroxyl groups is 2. The Balaban J connectivity index is 2.15. The van der Waals surface area contributed by atoms with E-state index in [1.165, 1.54) is 0 Å². The molecule has 2 heteroatoms. The van der Waals surface area contributed by atoms with E-state index >= 15 is 0 Å². The SMILES string of the molecule is CC(O)(c1ccccc1)C(O)Cc1ccccc1. The van der Waals surface area contributed by atoms with Crippen LogP contribution in [0.1, 0.15) is 18.1 Å². The second-order valence-corrected chi connectivity index (χ2v) is 4.72.